The van der Waals surface area contributed by atoms with Crippen molar-refractivity contribution in [3.05, 3.63) is 17.5 Å². The highest BCUT2D eigenvalue weighted by Crippen LogP contribution is 2.44. The molecule has 2 aliphatic heterocycles. The minimum Gasteiger partial charge on any atom is -0.479 e. The lowest BCUT2D eigenvalue weighted by Crippen LogP contribution is -2.41. The van der Waals surface area contributed by atoms with Gasteiger partial charge in [-0.15, -0.1) is 4.28 Å². The summed E-state index contributed by atoms with van der Waals surface area (Å²) in [5.41, 5.74) is 5.00. The second kappa shape index (κ2) is 4.64. The summed E-state index contributed by atoms with van der Waals surface area (Å²) in [6, 6.07) is -4.87. The third-order valence-electron chi connectivity index (χ3n) is 3.47. The molecule has 0 unspecified atom stereocenters. The number of aliphatic carboxylic acids is 1. The predicted molar refractivity (Wildman–Crippen MR) is 66.9 cm³/mol. The fourth-order valence-electron chi connectivity index (χ4n) is 2.70. The molecule has 14 heteroatoms. The number of nitrogens with two attached hydrogens (primary N) is 1. The lowest BCUT2D eigenvalue weighted by Gasteiger charge is -2.27. The number of nitrogens with zero attached hydrogens (tertiary/aromatic N) is 4. The van der Waals surface area contributed by atoms with Gasteiger partial charge < -0.3 is 15.7 Å². The maximum Gasteiger partial charge on any atom is 0.418 e. The summed E-state index contributed by atoms with van der Waals surface area (Å²) >= 11 is 0. The minimum atomic E-state index is -5.02. The summed E-state index contributed by atoms with van der Waals surface area (Å²) in [6.07, 6.45) is 1.08. The second-order valence-corrected chi connectivity index (χ2v) is 5.76. The Morgan fingerprint density at radius 2 is 2.09 bits per heavy atom. The van der Waals surface area contributed by atoms with Crippen LogP contribution >= 0.6 is 0 Å². The highest BCUT2D eigenvalue weighted by atomic mass is 32.3. The fourth-order valence-corrected chi connectivity index (χ4v) is 3.07. The van der Waals surface area contributed by atoms with E-state index in [9.17, 15) is 27.9 Å². The highest BCUT2D eigenvalue weighted by molar-refractivity contribution is 7.80. The van der Waals surface area contributed by atoms with Crippen LogP contribution < -0.4 is 5.73 Å². The molecule has 1 aromatic rings. The third kappa shape index (κ3) is 2.19. The SMILES string of the molecule is NC(=O)n1ncc2c1[C@@H](C(=O)O)N1C[C@@H]2N(OS(=O)(=O)O)C1=O. The molecule has 23 heavy (non-hydrogen) atoms. The highest BCUT2D eigenvalue weighted by Gasteiger charge is 2.54. The average Bonchev–Trinajstić information content (AvgIpc) is 2.94. The van der Waals surface area contributed by atoms with Gasteiger partial charge in [-0.2, -0.15) is 23.3 Å². The maximum absolute atomic E-state index is 12.2. The predicted octanol–water partition coefficient (Wildman–Crippen LogP) is -1.54. The molecule has 2 bridgehead atoms. The maximum atomic E-state index is 12.2. The summed E-state index contributed by atoms with van der Waals surface area (Å²) in [5, 5.41) is 13.3. The molecular weight excluding hydrogens is 338 g/mol. The zero-order valence-electron chi connectivity index (χ0n) is 11.1. The van der Waals surface area contributed by atoms with Crippen molar-refractivity contribution in [2.45, 2.75) is 12.1 Å². The Kier molecular flexibility index (Phi) is 3.07. The van der Waals surface area contributed by atoms with E-state index in [1.54, 1.807) is 0 Å². The number of carbonyl (C=O) groups excluding carboxylic acids is 2. The standard InChI is InChI=1S/C9H9N5O8S/c10-8(17)13-5-3(1-11-13)4-2-12(6(5)7(15)16)9(18)14(4)22-23(19,20)21/h1,4,6H,2H2,(H2,10,17)(H,15,16)(H,19,20,21)/t4-,6-/m0/s1. The molecule has 0 spiro atoms. The molecule has 0 aliphatic carbocycles. The Morgan fingerprint density at radius 1 is 1.43 bits per heavy atom. The van der Waals surface area contributed by atoms with Crippen molar-refractivity contribution in [3.8, 4) is 0 Å². The van der Waals surface area contributed by atoms with E-state index in [0.717, 1.165) is 11.1 Å². The summed E-state index contributed by atoms with van der Waals surface area (Å²) in [7, 11) is -5.02. The van der Waals surface area contributed by atoms with Gasteiger partial charge >= 0.3 is 28.4 Å². The van der Waals surface area contributed by atoms with Gasteiger partial charge in [-0.25, -0.2) is 14.4 Å². The molecule has 3 amide bonds. The van der Waals surface area contributed by atoms with Crippen LogP contribution in [0.5, 0.6) is 0 Å². The number of hydrogen-bond acceptors (Lipinski definition) is 7. The van der Waals surface area contributed by atoms with E-state index in [1.807, 2.05) is 0 Å². The van der Waals surface area contributed by atoms with Gasteiger partial charge in [-0.1, -0.05) is 0 Å². The summed E-state index contributed by atoms with van der Waals surface area (Å²) in [6.45, 7) is -0.233. The van der Waals surface area contributed by atoms with Crippen LogP contribution in [-0.4, -0.2) is 62.4 Å². The van der Waals surface area contributed by atoms with Crippen molar-refractivity contribution < 1.29 is 36.7 Å². The first-order valence-electron chi connectivity index (χ1n) is 5.99. The number of carboxylic acid groups (broad SMARTS) is 1. The van der Waals surface area contributed by atoms with Crippen LogP contribution in [0.1, 0.15) is 23.3 Å². The molecule has 124 valence electrons. The molecule has 0 aromatic carbocycles. The third-order valence-corrected chi connectivity index (χ3v) is 3.82. The number of hydrogen-bond donors (Lipinski definition) is 3. The molecule has 1 saturated heterocycles. The molecule has 1 aromatic heterocycles. The monoisotopic (exact) mass is 347 g/mol. The summed E-state index contributed by atoms with van der Waals surface area (Å²) in [5.74, 6) is -1.48. The Hall–Kier alpha value is -2.71. The van der Waals surface area contributed by atoms with Gasteiger partial charge in [0.15, 0.2) is 6.04 Å². The van der Waals surface area contributed by atoms with Crippen LogP contribution in [0.2, 0.25) is 0 Å². The smallest absolute Gasteiger partial charge is 0.418 e. The normalized spacial score (nSPS) is 23.1. The van der Waals surface area contributed by atoms with Crippen molar-refractivity contribution in [1.82, 2.24) is 19.7 Å². The van der Waals surface area contributed by atoms with Gasteiger partial charge in [0.25, 0.3) is 0 Å². The van der Waals surface area contributed by atoms with E-state index in [-0.39, 0.29) is 17.8 Å². The van der Waals surface area contributed by atoms with E-state index in [2.05, 4.69) is 9.38 Å². The van der Waals surface area contributed by atoms with E-state index in [1.165, 1.54) is 0 Å². The molecule has 3 heterocycles. The number of primary amides is 1. The van der Waals surface area contributed by atoms with Crippen LogP contribution in [0, 0.1) is 0 Å². The van der Waals surface area contributed by atoms with Crippen LogP contribution in [0.15, 0.2) is 6.20 Å². The van der Waals surface area contributed by atoms with Gasteiger partial charge in [0.05, 0.1) is 18.4 Å². The number of urea groups is 1. The molecule has 2 atom stereocenters. The van der Waals surface area contributed by atoms with E-state index >= 15 is 0 Å². The van der Waals surface area contributed by atoms with Gasteiger partial charge in [0.1, 0.15) is 6.04 Å². The topological polar surface area (TPSA) is 185 Å². The van der Waals surface area contributed by atoms with E-state index in [0.29, 0.717) is 9.75 Å². The van der Waals surface area contributed by atoms with Gasteiger partial charge in [-0.3, -0.25) is 4.55 Å². The van der Waals surface area contributed by atoms with Gasteiger partial charge in [-0.05, 0) is 0 Å². The fraction of sp³-hybridized carbons (Fsp3) is 0.333. The van der Waals surface area contributed by atoms with Crippen molar-refractivity contribution >= 4 is 28.4 Å². The molecule has 13 nitrogen and oxygen atoms in total. The second-order valence-electron chi connectivity index (χ2n) is 4.75. The molecule has 2 aliphatic rings. The number of carboxylic acids is 1. The van der Waals surface area contributed by atoms with Crippen molar-refractivity contribution in [2.24, 2.45) is 5.73 Å². The average molecular weight is 347 g/mol. The first kappa shape index (κ1) is 15.2. The quantitative estimate of drug-likeness (QED) is 0.545. The number of carbonyl (C=O) groups is 3. The largest absolute Gasteiger partial charge is 0.479 e. The van der Waals surface area contributed by atoms with E-state index in [4.69, 9.17) is 10.3 Å². The number of fused-ring (bicyclic) bond motifs is 4. The van der Waals surface area contributed by atoms with Crippen LogP contribution in [0.3, 0.4) is 0 Å². The first-order valence-corrected chi connectivity index (χ1v) is 7.35. The minimum absolute atomic E-state index is 0.0713. The zero-order valence-corrected chi connectivity index (χ0v) is 11.9. The first-order chi connectivity index (χ1) is 10.6. The van der Waals surface area contributed by atoms with Gasteiger partial charge in [0, 0.05) is 5.56 Å². The molecule has 0 saturated carbocycles. The number of aromatic nitrogens is 2. The summed E-state index contributed by atoms with van der Waals surface area (Å²) in [4.78, 5) is 35.8. The molecular formula is C9H9N5O8S. The van der Waals surface area contributed by atoms with Crippen molar-refractivity contribution in [2.75, 3.05) is 6.54 Å². The molecule has 0 radical (unpaired) electrons. The van der Waals surface area contributed by atoms with Crippen molar-refractivity contribution in [1.29, 1.82) is 0 Å². The number of amides is 3. The zero-order chi connectivity index (χ0) is 17.1. The lowest BCUT2D eigenvalue weighted by atomic mass is 9.98. The van der Waals surface area contributed by atoms with Crippen molar-refractivity contribution in [3.63, 3.8) is 0 Å². The molecule has 3 rings (SSSR count). The molecule has 1 fully saturated rings. The van der Waals surface area contributed by atoms with E-state index < -0.39 is 40.5 Å². The Labute approximate surface area is 127 Å². The van der Waals surface area contributed by atoms with Crippen LogP contribution in [-0.2, 0) is 19.5 Å². The number of rotatable bonds is 3. The van der Waals surface area contributed by atoms with Crippen LogP contribution in [0.25, 0.3) is 0 Å². The number of hydroxylamine groups is 2. The lowest BCUT2D eigenvalue weighted by molar-refractivity contribution is -0.142. The Morgan fingerprint density at radius 3 is 2.61 bits per heavy atom. The Bertz CT molecular complexity index is 831. The van der Waals surface area contributed by atoms with Crippen LogP contribution in [0.4, 0.5) is 9.59 Å². The summed E-state index contributed by atoms with van der Waals surface area (Å²) < 4.78 is 35.3. The Balaban J connectivity index is 2.16. The van der Waals surface area contributed by atoms with Gasteiger partial charge in [0.2, 0.25) is 0 Å². The molecule has 4 N–H and O–H groups in total.